The summed E-state index contributed by atoms with van der Waals surface area (Å²) in [7, 11) is 0. The van der Waals surface area contributed by atoms with E-state index >= 15 is 0 Å². The minimum absolute atomic E-state index is 0.102. The van der Waals surface area contributed by atoms with E-state index in [0.717, 1.165) is 69.2 Å². The Kier molecular flexibility index (Phi) is 8.80. The van der Waals surface area contributed by atoms with Crippen LogP contribution in [0.25, 0.3) is 10.9 Å². The first-order chi connectivity index (χ1) is 19.2. The number of fused-ring (bicyclic) bond motifs is 1. The lowest BCUT2D eigenvalue weighted by Gasteiger charge is -2.28. The van der Waals surface area contributed by atoms with Crippen LogP contribution in [0.15, 0.2) is 41.1 Å². The number of nitrogens with two attached hydrogens (primary N) is 1. The summed E-state index contributed by atoms with van der Waals surface area (Å²) < 4.78 is 48.0. The maximum Gasteiger partial charge on any atom is 0.419 e. The Bertz CT molecular complexity index is 1360. The molecule has 2 saturated carbocycles. The number of halogens is 4. The SMILES string of the molecule is NC1CCC(Nc2c(C(=O)NCc3ccc(OC4CCCCC4)c(C(F)(F)F)c3)nc(Br)c3cccnc23)CC1. The molecular formula is C29H33BrF3N5O2. The normalized spacial score (nSPS) is 20.3. The van der Waals surface area contributed by atoms with Crippen LogP contribution in [-0.2, 0) is 12.7 Å². The molecule has 0 unspecified atom stereocenters. The minimum Gasteiger partial charge on any atom is -0.490 e. The largest absolute Gasteiger partial charge is 0.490 e. The summed E-state index contributed by atoms with van der Waals surface area (Å²) in [5.74, 6) is -0.682. The van der Waals surface area contributed by atoms with Gasteiger partial charge in [0.15, 0.2) is 5.69 Å². The van der Waals surface area contributed by atoms with Crippen LogP contribution >= 0.6 is 15.9 Å². The summed E-state index contributed by atoms with van der Waals surface area (Å²) in [6.45, 7) is -0.108. The zero-order valence-electron chi connectivity index (χ0n) is 22.1. The monoisotopic (exact) mass is 619 g/mol. The molecule has 4 N–H and O–H groups in total. The number of aromatic nitrogens is 2. The highest BCUT2D eigenvalue weighted by atomic mass is 79.9. The predicted octanol–water partition coefficient (Wildman–Crippen LogP) is 6.73. The Morgan fingerprint density at radius 2 is 1.82 bits per heavy atom. The van der Waals surface area contributed by atoms with Gasteiger partial charge in [0.05, 0.1) is 22.9 Å². The molecule has 2 aliphatic rings. The molecule has 2 fully saturated rings. The maximum absolute atomic E-state index is 13.9. The van der Waals surface area contributed by atoms with Gasteiger partial charge in [-0.3, -0.25) is 9.78 Å². The van der Waals surface area contributed by atoms with E-state index in [4.69, 9.17) is 10.5 Å². The second-order valence-electron chi connectivity index (χ2n) is 10.7. The molecule has 0 radical (unpaired) electrons. The van der Waals surface area contributed by atoms with Crippen LogP contribution in [0.5, 0.6) is 5.75 Å². The molecule has 2 heterocycles. The quantitative estimate of drug-likeness (QED) is 0.253. The molecule has 40 heavy (non-hydrogen) atoms. The summed E-state index contributed by atoms with van der Waals surface area (Å²) in [6.07, 6.45) is 4.79. The fraction of sp³-hybridized carbons (Fsp3) is 0.483. The number of carbonyl (C=O) groups is 1. The number of ether oxygens (including phenoxy) is 1. The lowest BCUT2D eigenvalue weighted by Crippen LogP contribution is -2.34. The Morgan fingerprint density at radius 3 is 2.55 bits per heavy atom. The molecule has 0 atom stereocenters. The standard InChI is InChI=1S/C29H33BrF3N5O2/c30-27-21-7-4-14-35-24(21)25(37-19-11-9-18(34)10-12-19)26(38-27)28(39)36-16-17-8-13-23(22(15-17)29(31,32)33)40-20-5-2-1-3-6-20/h4,7-8,13-15,18-20,37H,1-3,5-6,9-12,16,34H2,(H,36,39). The van der Waals surface area contributed by atoms with Gasteiger partial charge in [0, 0.05) is 30.2 Å². The van der Waals surface area contributed by atoms with E-state index in [1.54, 1.807) is 18.3 Å². The molecule has 1 aromatic carbocycles. The van der Waals surface area contributed by atoms with Crippen LogP contribution in [0.3, 0.4) is 0 Å². The van der Waals surface area contributed by atoms with Gasteiger partial charge < -0.3 is 21.1 Å². The zero-order valence-corrected chi connectivity index (χ0v) is 23.7. The third-order valence-corrected chi connectivity index (χ3v) is 8.30. The fourth-order valence-corrected chi connectivity index (χ4v) is 6.00. The van der Waals surface area contributed by atoms with Crippen LogP contribution < -0.4 is 21.1 Å². The number of anilines is 1. The number of hydrogen-bond acceptors (Lipinski definition) is 6. The first-order valence-corrected chi connectivity index (χ1v) is 14.6. The van der Waals surface area contributed by atoms with E-state index < -0.39 is 17.6 Å². The molecule has 0 bridgehead atoms. The lowest BCUT2D eigenvalue weighted by atomic mass is 9.91. The van der Waals surface area contributed by atoms with E-state index in [-0.39, 0.29) is 36.2 Å². The lowest BCUT2D eigenvalue weighted by molar-refractivity contribution is -0.139. The number of pyridine rings is 2. The molecule has 1 amide bonds. The Labute approximate surface area is 239 Å². The van der Waals surface area contributed by atoms with Crippen LogP contribution in [0.2, 0.25) is 0 Å². The molecule has 214 valence electrons. The van der Waals surface area contributed by atoms with Gasteiger partial charge >= 0.3 is 6.18 Å². The van der Waals surface area contributed by atoms with Crippen molar-refractivity contribution in [2.24, 2.45) is 5.73 Å². The van der Waals surface area contributed by atoms with Gasteiger partial charge in [0.1, 0.15) is 10.4 Å². The van der Waals surface area contributed by atoms with E-state index in [1.807, 2.05) is 6.07 Å². The molecule has 11 heteroatoms. The van der Waals surface area contributed by atoms with Crippen LogP contribution in [0.1, 0.15) is 79.4 Å². The Balaban J connectivity index is 1.37. The molecule has 5 rings (SSSR count). The van der Waals surface area contributed by atoms with Crippen molar-refractivity contribution in [3.05, 3.63) is 58.0 Å². The molecule has 2 aliphatic carbocycles. The van der Waals surface area contributed by atoms with E-state index in [1.165, 1.54) is 6.07 Å². The van der Waals surface area contributed by atoms with Gasteiger partial charge in [0.25, 0.3) is 5.91 Å². The van der Waals surface area contributed by atoms with Gasteiger partial charge in [-0.2, -0.15) is 13.2 Å². The highest BCUT2D eigenvalue weighted by Crippen LogP contribution is 2.38. The number of benzene rings is 1. The van der Waals surface area contributed by atoms with Crippen molar-refractivity contribution in [2.45, 2.75) is 88.7 Å². The number of alkyl halides is 3. The predicted molar refractivity (Wildman–Crippen MR) is 151 cm³/mol. The van der Waals surface area contributed by atoms with Gasteiger partial charge in [-0.1, -0.05) is 12.5 Å². The smallest absolute Gasteiger partial charge is 0.419 e. The summed E-state index contributed by atoms with van der Waals surface area (Å²) >= 11 is 3.44. The molecule has 7 nitrogen and oxygen atoms in total. The summed E-state index contributed by atoms with van der Waals surface area (Å²) in [6, 6.07) is 7.88. The average molecular weight is 621 g/mol. The van der Waals surface area contributed by atoms with Crippen LogP contribution in [0, 0.1) is 0 Å². The molecular weight excluding hydrogens is 587 g/mol. The maximum atomic E-state index is 13.9. The number of nitrogens with zero attached hydrogens (tertiary/aromatic N) is 2. The molecule has 3 aromatic rings. The second kappa shape index (κ2) is 12.3. The summed E-state index contributed by atoms with van der Waals surface area (Å²) in [4.78, 5) is 22.4. The number of nitrogens with one attached hydrogen (secondary N) is 2. The van der Waals surface area contributed by atoms with Crippen molar-refractivity contribution < 1.29 is 22.7 Å². The number of amides is 1. The minimum atomic E-state index is -4.58. The topological polar surface area (TPSA) is 102 Å². The Morgan fingerprint density at radius 1 is 1.07 bits per heavy atom. The summed E-state index contributed by atoms with van der Waals surface area (Å²) in [5.41, 5.74) is 6.76. The highest BCUT2D eigenvalue weighted by molar-refractivity contribution is 9.10. The zero-order chi connectivity index (χ0) is 28.3. The molecule has 0 spiro atoms. The first kappa shape index (κ1) is 28.6. The van der Waals surface area contributed by atoms with Crippen molar-refractivity contribution in [3.8, 4) is 5.75 Å². The van der Waals surface area contributed by atoms with Crippen LogP contribution in [-0.4, -0.2) is 34.1 Å². The van der Waals surface area contributed by atoms with Crippen LogP contribution in [0.4, 0.5) is 18.9 Å². The van der Waals surface area contributed by atoms with Crippen molar-refractivity contribution >= 4 is 38.4 Å². The van der Waals surface area contributed by atoms with E-state index in [0.29, 0.717) is 21.4 Å². The van der Waals surface area contributed by atoms with Crippen molar-refractivity contribution in [1.29, 1.82) is 0 Å². The van der Waals surface area contributed by atoms with Crippen molar-refractivity contribution in [1.82, 2.24) is 15.3 Å². The average Bonchev–Trinajstić information content (AvgIpc) is 2.95. The highest BCUT2D eigenvalue weighted by Gasteiger charge is 2.35. The third kappa shape index (κ3) is 6.68. The van der Waals surface area contributed by atoms with Gasteiger partial charge in [0.2, 0.25) is 0 Å². The number of hydrogen-bond donors (Lipinski definition) is 3. The molecule has 2 aromatic heterocycles. The molecule has 0 aliphatic heterocycles. The van der Waals surface area contributed by atoms with Gasteiger partial charge in [-0.05, 0) is 97.1 Å². The first-order valence-electron chi connectivity index (χ1n) is 13.8. The van der Waals surface area contributed by atoms with E-state index in [9.17, 15) is 18.0 Å². The second-order valence-corrected chi connectivity index (χ2v) is 11.4. The summed E-state index contributed by atoms with van der Waals surface area (Å²) in [5, 5.41) is 6.97. The fourth-order valence-electron chi connectivity index (χ4n) is 5.51. The number of rotatable bonds is 7. The Hall–Kier alpha value is -2.92. The molecule has 0 saturated heterocycles. The van der Waals surface area contributed by atoms with Crippen molar-refractivity contribution in [3.63, 3.8) is 0 Å². The van der Waals surface area contributed by atoms with Gasteiger partial charge in [-0.15, -0.1) is 0 Å². The van der Waals surface area contributed by atoms with E-state index in [2.05, 4.69) is 36.5 Å². The van der Waals surface area contributed by atoms with Crippen molar-refractivity contribution in [2.75, 3.05) is 5.32 Å². The number of carbonyl (C=O) groups excluding carboxylic acids is 1. The van der Waals surface area contributed by atoms with Gasteiger partial charge in [-0.25, -0.2) is 4.98 Å². The third-order valence-electron chi connectivity index (χ3n) is 7.70.